The van der Waals surface area contributed by atoms with E-state index in [1.807, 2.05) is 23.7 Å². The second kappa shape index (κ2) is 3.29. The first-order valence-corrected chi connectivity index (χ1v) is 5.51. The number of thiophene rings is 1. The van der Waals surface area contributed by atoms with Crippen LogP contribution < -0.4 is 0 Å². The smallest absolute Gasteiger partial charge is 0.222 e. The Labute approximate surface area is 94.2 Å². The van der Waals surface area contributed by atoms with Gasteiger partial charge in [0, 0.05) is 12.4 Å². The number of hydrogen-bond acceptors (Lipinski definition) is 4. The topological polar surface area (TPSA) is 43.6 Å². The predicted octanol–water partition coefficient (Wildman–Crippen LogP) is 2.53. The minimum atomic E-state index is 0.246. The molecule has 6 heteroatoms. The van der Waals surface area contributed by atoms with Crippen LogP contribution in [0.15, 0.2) is 29.9 Å². The molecule has 3 aromatic rings. The maximum atomic E-state index is 5.84. The molecule has 3 aromatic heterocycles. The molecular weight excluding hydrogens is 232 g/mol. The fourth-order valence-corrected chi connectivity index (χ4v) is 2.36. The van der Waals surface area contributed by atoms with Crippen molar-refractivity contribution in [3.63, 3.8) is 0 Å². The van der Waals surface area contributed by atoms with E-state index in [9.17, 15) is 0 Å². The zero-order valence-electron chi connectivity index (χ0n) is 7.46. The van der Waals surface area contributed by atoms with E-state index in [-0.39, 0.29) is 5.28 Å². The molecule has 0 spiro atoms. The molecule has 0 bridgehead atoms. The summed E-state index contributed by atoms with van der Waals surface area (Å²) in [4.78, 5) is 9.19. The highest BCUT2D eigenvalue weighted by Gasteiger charge is 2.09. The second-order valence-electron chi connectivity index (χ2n) is 2.91. The van der Waals surface area contributed by atoms with Gasteiger partial charge in [0.2, 0.25) is 5.28 Å². The van der Waals surface area contributed by atoms with Crippen molar-refractivity contribution in [2.45, 2.75) is 0 Å². The Hall–Kier alpha value is -1.46. The normalized spacial score (nSPS) is 11.0. The third-order valence-electron chi connectivity index (χ3n) is 2.00. The van der Waals surface area contributed by atoms with Gasteiger partial charge >= 0.3 is 0 Å². The quantitative estimate of drug-likeness (QED) is 0.610. The number of hydrogen-bond donors (Lipinski definition) is 0. The zero-order chi connectivity index (χ0) is 10.3. The van der Waals surface area contributed by atoms with Gasteiger partial charge in [0.25, 0.3) is 0 Å². The second-order valence-corrected chi connectivity index (χ2v) is 4.14. The van der Waals surface area contributed by atoms with Crippen LogP contribution >= 0.6 is 22.9 Å². The van der Waals surface area contributed by atoms with E-state index in [4.69, 9.17) is 11.6 Å². The molecule has 0 atom stereocenters. The van der Waals surface area contributed by atoms with Crippen LogP contribution in [0.2, 0.25) is 5.28 Å². The van der Waals surface area contributed by atoms with Crippen molar-refractivity contribution in [3.8, 4) is 5.82 Å². The van der Waals surface area contributed by atoms with Gasteiger partial charge in [-0.15, -0.1) is 11.3 Å². The lowest BCUT2D eigenvalue weighted by atomic mass is 10.4. The minimum absolute atomic E-state index is 0.246. The molecule has 3 heterocycles. The van der Waals surface area contributed by atoms with Crippen molar-refractivity contribution in [2.24, 2.45) is 0 Å². The summed E-state index contributed by atoms with van der Waals surface area (Å²) >= 11 is 7.38. The lowest BCUT2D eigenvalue weighted by molar-refractivity contribution is 0.852. The van der Waals surface area contributed by atoms with Gasteiger partial charge in [-0.25, -0.2) is 9.67 Å². The van der Waals surface area contributed by atoms with Crippen LogP contribution in [-0.4, -0.2) is 19.7 Å². The maximum absolute atomic E-state index is 5.84. The Morgan fingerprint density at radius 3 is 3.07 bits per heavy atom. The highest BCUT2D eigenvalue weighted by molar-refractivity contribution is 7.16. The average molecular weight is 237 g/mol. The van der Waals surface area contributed by atoms with E-state index in [1.54, 1.807) is 10.9 Å². The fraction of sp³-hybridized carbons (Fsp3) is 0. The molecular formula is C9H5ClN4S. The van der Waals surface area contributed by atoms with Crippen LogP contribution in [0, 0.1) is 0 Å². The van der Waals surface area contributed by atoms with Crippen molar-refractivity contribution < 1.29 is 0 Å². The first-order chi connectivity index (χ1) is 7.34. The van der Waals surface area contributed by atoms with Crippen LogP contribution in [0.25, 0.3) is 16.0 Å². The molecule has 0 aliphatic rings. The summed E-state index contributed by atoms with van der Waals surface area (Å²) in [6, 6.07) is 3.81. The Morgan fingerprint density at radius 2 is 2.27 bits per heavy atom. The van der Waals surface area contributed by atoms with E-state index in [1.165, 1.54) is 11.3 Å². The molecule has 74 valence electrons. The van der Waals surface area contributed by atoms with Crippen molar-refractivity contribution in [2.75, 3.05) is 0 Å². The highest BCUT2D eigenvalue weighted by atomic mass is 35.5. The van der Waals surface area contributed by atoms with Gasteiger partial charge in [0.05, 0.1) is 5.39 Å². The summed E-state index contributed by atoms with van der Waals surface area (Å²) in [6.45, 7) is 0. The highest BCUT2D eigenvalue weighted by Crippen LogP contribution is 2.24. The Morgan fingerprint density at radius 1 is 1.33 bits per heavy atom. The van der Waals surface area contributed by atoms with E-state index >= 15 is 0 Å². The van der Waals surface area contributed by atoms with E-state index in [2.05, 4.69) is 15.1 Å². The Bertz CT molecular complexity index is 602. The van der Waals surface area contributed by atoms with Gasteiger partial charge in [-0.2, -0.15) is 10.1 Å². The molecule has 4 nitrogen and oxygen atoms in total. The van der Waals surface area contributed by atoms with Crippen molar-refractivity contribution in [1.29, 1.82) is 0 Å². The molecule has 0 amide bonds. The molecule has 15 heavy (non-hydrogen) atoms. The summed E-state index contributed by atoms with van der Waals surface area (Å²) in [5, 5.41) is 7.30. The van der Waals surface area contributed by atoms with Gasteiger partial charge < -0.3 is 0 Å². The first kappa shape index (κ1) is 8.82. The van der Waals surface area contributed by atoms with E-state index in [0.29, 0.717) is 0 Å². The van der Waals surface area contributed by atoms with Crippen LogP contribution in [-0.2, 0) is 0 Å². The van der Waals surface area contributed by atoms with Crippen molar-refractivity contribution >= 4 is 33.2 Å². The van der Waals surface area contributed by atoms with Gasteiger partial charge in [-0.05, 0) is 29.1 Å². The van der Waals surface area contributed by atoms with Crippen molar-refractivity contribution in [3.05, 3.63) is 35.2 Å². The summed E-state index contributed by atoms with van der Waals surface area (Å²) in [5.41, 5.74) is 0. The van der Waals surface area contributed by atoms with E-state index < -0.39 is 0 Å². The summed E-state index contributed by atoms with van der Waals surface area (Å²) in [7, 11) is 0. The number of halogens is 1. The lowest BCUT2D eigenvalue weighted by Gasteiger charge is -2.01. The summed E-state index contributed by atoms with van der Waals surface area (Å²) in [5.74, 6) is 0.719. The van der Waals surface area contributed by atoms with Crippen LogP contribution in [0.3, 0.4) is 0 Å². The van der Waals surface area contributed by atoms with Crippen molar-refractivity contribution in [1.82, 2.24) is 19.7 Å². The summed E-state index contributed by atoms with van der Waals surface area (Å²) < 4.78 is 1.68. The largest absolute Gasteiger partial charge is 0.225 e. The summed E-state index contributed by atoms with van der Waals surface area (Å²) in [6.07, 6.45) is 3.53. The third-order valence-corrected chi connectivity index (χ3v) is 2.97. The predicted molar refractivity (Wildman–Crippen MR) is 59.5 cm³/mol. The maximum Gasteiger partial charge on any atom is 0.225 e. The molecule has 0 unspecified atom stereocenters. The first-order valence-electron chi connectivity index (χ1n) is 4.25. The molecule has 0 N–H and O–H groups in total. The monoisotopic (exact) mass is 236 g/mol. The SMILES string of the molecule is Clc1nc(-n2cccn2)c2ccsc2n1. The molecule has 0 saturated carbocycles. The number of rotatable bonds is 1. The molecule has 0 aromatic carbocycles. The average Bonchev–Trinajstić information content (AvgIpc) is 2.86. The molecule has 0 saturated heterocycles. The van der Waals surface area contributed by atoms with Crippen LogP contribution in [0.1, 0.15) is 0 Å². The molecule has 3 rings (SSSR count). The lowest BCUT2D eigenvalue weighted by Crippen LogP contribution is -1.99. The molecule has 0 radical (unpaired) electrons. The zero-order valence-corrected chi connectivity index (χ0v) is 9.03. The van der Waals surface area contributed by atoms with E-state index in [0.717, 1.165) is 16.0 Å². The van der Waals surface area contributed by atoms with Crippen LogP contribution in [0.4, 0.5) is 0 Å². The minimum Gasteiger partial charge on any atom is -0.222 e. The fourth-order valence-electron chi connectivity index (χ4n) is 1.38. The van der Waals surface area contributed by atoms with Gasteiger partial charge in [-0.1, -0.05) is 0 Å². The number of fused-ring (bicyclic) bond motifs is 1. The van der Waals surface area contributed by atoms with Crippen LogP contribution in [0.5, 0.6) is 0 Å². The Kier molecular flexibility index (Phi) is 1.93. The number of aromatic nitrogens is 4. The van der Waals surface area contributed by atoms with Gasteiger partial charge in [0.15, 0.2) is 5.82 Å². The molecule has 0 fully saturated rings. The van der Waals surface area contributed by atoms with Gasteiger partial charge in [-0.3, -0.25) is 0 Å². The molecule has 0 aliphatic heterocycles. The molecule has 0 aliphatic carbocycles. The van der Waals surface area contributed by atoms with Gasteiger partial charge in [0.1, 0.15) is 4.83 Å². The number of nitrogens with zero attached hydrogens (tertiary/aromatic N) is 4. The standard InChI is InChI=1S/C9H5ClN4S/c10-9-12-7(14-4-1-3-11-14)6-2-5-15-8(6)13-9/h1-5H. The Balaban J connectivity index is 2.38. The third kappa shape index (κ3) is 1.40.